The van der Waals surface area contributed by atoms with Gasteiger partial charge in [-0.25, -0.2) is 4.79 Å². The van der Waals surface area contributed by atoms with Crippen LogP contribution in [0.2, 0.25) is 0 Å². The lowest BCUT2D eigenvalue weighted by Gasteiger charge is -2.09. The first kappa shape index (κ1) is 11.2. The second-order valence-corrected chi connectivity index (χ2v) is 3.02. The molecule has 1 heterocycles. The topological polar surface area (TPSA) is 60.2 Å². The molecule has 0 aromatic carbocycles. The lowest BCUT2D eigenvalue weighted by Crippen LogP contribution is -2.17. The summed E-state index contributed by atoms with van der Waals surface area (Å²) >= 11 is 0. The molecule has 0 saturated carbocycles. The zero-order valence-electron chi connectivity index (χ0n) is 9.04. The number of aromatic nitrogens is 3. The SMILES string of the molecule is CCOC(=O)/C(=C\N(C)C)n1nccn1. The van der Waals surface area contributed by atoms with Crippen molar-refractivity contribution >= 4 is 11.7 Å². The zero-order valence-corrected chi connectivity index (χ0v) is 9.04. The van der Waals surface area contributed by atoms with Gasteiger partial charge in [-0.05, 0) is 6.92 Å². The highest BCUT2D eigenvalue weighted by molar-refractivity contribution is 6.09. The van der Waals surface area contributed by atoms with E-state index in [1.807, 2.05) is 14.1 Å². The molecule has 0 aliphatic rings. The fourth-order valence-corrected chi connectivity index (χ4v) is 0.976. The van der Waals surface area contributed by atoms with Gasteiger partial charge in [0.25, 0.3) is 0 Å². The predicted octanol–water partition coefficient (Wildman–Crippen LogP) is 0.201. The summed E-state index contributed by atoms with van der Waals surface area (Å²) in [4.78, 5) is 14.5. The Morgan fingerprint density at radius 2 is 2.07 bits per heavy atom. The van der Waals surface area contributed by atoms with Crippen LogP contribution in [-0.4, -0.2) is 46.6 Å². The van der Waals surface area contributed by atoms with E-state index in [9.17, 15) is 4.79 Å². The Labute approximate surface area is 88.1 Å². The minimum atomic E-state index is -0.442. The standard InChI is InChI=1S/C9H14N4O2/c1-4-15-9(14)8(7-12(2)3)13-10-5-6-11-13/h5-7H,4H2,1-3H3/b8-7+. The Bertz CT molecular complexity index is 343. The molecule has 0 radical (unpaired) electrons. The molecule has 0 fully saturated rings. The van der Waals surface area contributed by atoms with E-state index in [4.69, 9.17) is 4.74 Å². The van der Waals surface area contributed by atoms with Gasteiger partial charge in [-0.15, -0.1) is 4.80 Å². The number of rotatable bonds is 4. The summed E-state index contributed by atoms with van der Waals surface area (Å²) in [7, 11) is 3.62. The average molecular weight is 210 g/mol. The van der Waals surface area contributed by atoms with Crippen LogP contribution in [0.15, 0.2) is 18.6 Å². The Kier molecular flexibility index (Phi) is 3.84. The van der Waals surface area contributed by atoms with Crippen molar-refractivity contribution in [2.24, 2.45) is 0 Å². The van der Waals surface area contributed by atoms with E-state index in [0.717, 1.165) is 0 Å². The molecule has 0 aliphatic heterocycles. The van der Waals surface area contributed by atoms with Crippen molar-refractivity contribution in [3.8, 4) is 0 Å². The van der Waals surface area contributed by atoms with E-state index < -0.39 is 5.97 Å². The van der Waals surface area contributed by atoms with Crippen molar-refractivity contribution in [3.05, 3.63) is 18.6 Å². The molecule has 15 heavy (non-hydrogen) atoms. The van der Waals surface area contributed by atoms with Crippen molar-refractivity contribution in [1.29, 1.82) is 0 Å². The number of nitrogens with zero attached hydrogens (tertiary/aromatic N) is 4. The normalized spacial score (nSPS) is 11.3. The molecule has 6 heteroatoms. The van der Waals surface area contributed by atoms with E-state index in [1.165, 1.54) is 17.2 Å². The van der Waals surface area contributed by atoms with Gasteiger partial charge >= 0.3 is 5.97 Å². The van der Waals surface area contributed by atoms with Crippen LogP contribution in [0.4, 0.5) is 0 Å². The Morgan fingerprint density at radius 1 is 1.47 bits per heavy atom. The Morgan fingerprint density at radius 3 is 2.53 bits per heavy atom. The molecule has 0 unspecified atom stereocenters. The van der Waals surface area contributed by atoms with Gasteiger partial charge in [0.1, 0.15) is 0 Å². The quantitative estimate of drug-likeness (QED) is 0.525. The summed E-state index contributed by atoms with van der Waals surface area (Å²) in [6, 6.07) is 0. The van der Waals surface area contributed by atoms with Gasteiger partial charge in [-0.2, -0.15) is 10.2 Å². The summed E-state index contributed by atoms with van der Waals surface area (Å²) in [6.45, 7) is 2.08. The number of ether oxygens (including phenoxy) is 1. The van der Waals surface area contributed by atoms with Crippen molar-refractivity contribution in [2.75, 3.05) is 20.7 Å². The maximum Gasteiger partial charge on any atom is 0.360 e. The van der Waals surface area contributed by atoms with Crippen LogP contribution >= 0.6 is 0 Å². The van der Waals surface area contributed by atoms with Gasteiger partial charge in [0.15, 0.2) is 5.70 Å². The average Bonchev–Trinajstić information content (AvgIpc) is 2.66. The smallest absolute Gasteiger partial charge is 0.360 e. The van der Waals surface area contributed by atoms with Gasteiger partial charge in [0.05, 0.1) is 19.0 Å². The maximum atomic E-state index is 11.6. The highest BCUT2D eigenvalue weighted by Crippen LogP contribution is 2.04. The van der Waals surface area contributed by atoms with Crippen LogP contribution < -0.4 is 0 Å². The molecule has 1 rings (SSSR count). The van der Waals surface area contributed by atoms with Crippen molar-refractivity contribution in [2.45, 2.75) is 6.92 Å². The van der Waals surface area contributed by atoms with Gasteiger partial charge < -0.3 is 9.64 Å². The third-order valence-electron chi connectivity index (χ3n) is 1.50. The van der Waals surface area contributed by atoms with Crippen LogP contribution in [-0.2, 0) is 9.53 Å². The van der Waals surface area contributed by atoms with Crippen molar-refractivity contribution < 1.29 is 9.53 Å². The van der Waals surface area contributed by atoms with Gasteiger partial charge in [-0.3, -0.25) is 0 Å². The van der Waals surface area contributed by atoms with Crippen LogP contribution in [0, 0.1) is 0 Å². The van der Waals surface area contributed by atoms with Crippen LogP contribution in [0.3, 0.4) is 0 Å². The number of carbonyl (C=O) groups excluding carboxylic acids is 1. The van der Waals surface area contributed by atoms with Crippen molar-refractivity contribution in [3.63, 3.8) is 0 Å². The molecule has 1 aromatic heterocycles. The fourth-order valence-electron chi connectivity index (χ4n) is 0.976. The molecule has 82 valence electrons. The number of esters is 1. The molecule has 0 N–H and O–H groups in total. The predicted molar refractivity (Wildman–Crippen MR) is 54.6 cm³/mol. The van der Waals surface area contributed by atoms with Gasteiger partial charge in [0, 0.05) is 20.3 Å². The molecule has 0 atom stereocenters. The van der Waals surface area contributed by atoms with E-state index >= 15 is 0 Å². The lowest BCUT2D eigenvalue weighted by molar-refractivity contribution is -0.136. The zero-order chi connectivity index (χ0) is 11.3. The monoisotopic (exact) mass is 210 g/mol. The summed E-state index contributed by atoms with van der Waals surface area (Å²) < 4.78 is 4.89. The summed E-state index contributed by atoms with van der Waals surface area (Å²) in [5.41, 5.74) is 0.284. The number of hydrogen-bond acceptors (Lipinski definition) is 5. The first-order valence-corrected chi connectivity index (χ1v) is 4.57. The highest BCUT2D eigenvalue weighted by atomic mass is 16.5. The van der Waals surface area contributed by atoms with E-state index in [-0.39, 0.29) is 5.70 Å². The lowest BCUT2D eigenvalue weighted by atomic mass is 10.4. The molecule has 0 bridgehead atoms. The molecule has 0 aliphatic carbocycles. The van der Waals surface area contributed by atoms with E-state index in [2.05, 4.69) is 10.2 Å². The fraction of sp³-hybridized carbons (Fsp3) is 0.444. The van der Waals surface area contributed by atoms with Crippen LogP contribution in [0.1, 0.15) is 6.92 Å². The first-order chi connectivity index (χ1) is 7.15. The van der Waals surface area contributed by atoms with E-state index in [1.54, 1.807) is 18.0 Å². The Balaban J connectivity index is 2.94. The minimum absolute atomic E-state index is 0.284. The first-order valence-electron chi connectivity index (χ1n) is 4.57. The molecule has 0 amide bonds. The van der Waals surface area contributed by atoms with Crippen molar-refractivity contribution in [1.82, 2.24) is 19.9 Å². The summed E-state index contributed by atoms with van der Waals surface area (Å²) in [5.74, 6) is -0.442. The van der Waals surface area contributed by atoms with E-state index in [0.29, 0.717) is 6.61 Å². The van der Waals surface area contributed by atoms with Crippen LogP contribution in [0.5, 0.6) is 0 Å². The molecule has 0 saturated heterocycles. The molecular weight excluding hydrogens is 196 g/mol. The molecule has 6 nitrogen and oxygen atoms in total. The maximum absolute atomic E-state index is 11.6. The summed E-state index contributed by atoms with van der Waals surface area (Å²) in [6.07, 6.45) is 4.61. The van der Waals surface area contributed by atoms with Crippen LogP contribution in [0.25, 0.3) is 5.70 Å². The largest absolute Gasteiger partial charge is 0.461 e. The van der Waals surface area contributed by atoms with Gasteiger partial charge in [-0.1, -0.05) is 0 Å². The second-order valence-electron chi connectivity index (χ2n) is 3.02. The second kappa shape index (κ2) is 5.14. The molecule has 0 spiro atoms. The number of hydrogen-bond donors (Lipinski definition) is 0. The third-order valence-corrected chi connectivity index (χ3v) is 1.50. The number of carbonyl (C=O) groups is 1. The Hall–Kier alpha value is -1.85. The summed E-state index contributed by atoms with van der Waals surface area (Å²) in [5, 5.41) is 7.77. The minimum Gasteiger partial charge on any atom is -0.461 e. The highest BCUT2D eigenvalue weighted by Gasteiger charge is 2.14. The van der Waals surface area contributed by atoms with Gasteiger partial charge in [0.2, 0.25) is 0 Å². The molecular formula is C9H14N4O2. The molecule has 1 aromatic rings. The third kappa shape index (κ3) is 3.08.